The van der Waals surface area contributed by atoms with Crippen molar-refractivity contribution in [1.82, 2.24) is 10.3 Å². The lowest BCUT2D eigenvalue weighted by atomic mass is 9.97. The highest BCUT2D eigenvalue weighted by molar-refractivity contribution is 5.92. The maximum Gasteiger partial charge on any atom is 0.273 e. The Bertz CT molecular complexity index is 589. The van der Waals surface area contributed by atoms with Crippen molar-refractivity contribution in [3.63, 3.8) is 0 Å². The van der Waals surface area contributed by atoms with Gasteiger partial charge in [0.15, 0.2) is 5.69 Å². The molecule has 1 amide bonds. The summed E-state index contributed by atoms with van der Waals surface area (Å²) in [4.78, 5) is 16.2. The van der Waals surface area contributed by atoms with E-state index in [-0.39, 0.29) is 18.1 Å². The number of nitrogens with one attached hydrogen (secondary N) is 1. The second-order valence-electron chi connectivity index (χ2n) is 5.02. The molecule has 2 N–H and O–H groups in total. The molecule has 0 aliphatic carbocycles. The topological polar surface area (TPSA) is 75.4 Å². The lowest BCUT2D eigenvalue weighted by molar-refractivity contribution is 0.0313. The Kier molecular flexibility index (Phi) is 4.75. The van der Waals surface area contributed by atoms with E-state index in [0.29, 0.717) is 18.7 Å². The first-order valence-electron chi connectivity index (χ1n) is 7.09. The fraction of sp³-hybridized carbons (Fsp3) is 0.375. The smallest absolute Gasteiger partial charge is 0.273 e. The van der Waals surface area contributed by atoms with E-state index in [1.54, 1.807) is 0 Å². The first kappa shape index (κ1) is 15.3. The Morgan fingerprint density at radius 3 is 2.57 bits per heavy atom. The lowest BCUT2D eigenvalue weighted by Crippen LogP contribution is -2.42. The van der Waals surface area contributed by atoms with E-state index in [9.17, 15) is 9.90 Å². The van der Waals surface area contributed by atoms with Crippen LogP contribution in [-0.4, -0.2) is 28.1 Å². The summed E-state index contributed by atoms with van der Waals surface area (Å²) in [5.41, 5.74) is 0.153. The summed E-state index contributed by atoms with van der Waals surface area (Å²) in [6.07, 6.45) is 2.49. The second kappa shape index (κ2) is 6.54. The Hall–Kier alpha value is -2.14. The van der Waals surface area contributed by atoms with E-state index in [4.69, 9.17) is 4.42 Å². The average molecular weight is 288 g/mol. The van der Waals surface area contributed by atoms with E-state index in [0.717, 1.165) is 5.56 Å². The highest BCUT2D eigenvalue weighted by Crippen LogP contribution is 2.18. The Morgan fingerprint density at radius 1 is 1.29 bits per heavy atom. The van der Waals surface area contributed by atoms with Gasteiger partial charge in [0.05, 0.1) is 5.60 Å². The minimum absolute atomic E-state index is 0.201. The monoisotopic (exact) mass is 288 g/mol. The SMILES string of the molecule is CCC(O)(CC)CNC(=O)c1coc(-c2ccccc2)n1. The number of hydrogen-bond donors (Lipinski definition) is 2. The van der Waals surface area contributed by atoms with Gasteiger partial charge in [-0.1, -0.05) is 32.0 Å². The summed E-state index contributed by atoms with van der Waals surface area (Å²) >= 11 is 0. The van der Waals surface area contributed by atoms with Crippen LogP contribution >= 0.6 is 0 Å². The molecule has 0 saturated heterocycles. The van der Waals surface area contributed by atoms with Crippen LogP contribution in [0.5, 0.6) is 0 Å². The number of amides is 1. The summed E-state index contributed by atoms with van der Waals surface area (Å²) < 4.78 is 5.32. The molecule has 0 radical (unpaired) electrons. The molecule has 1 aromatic heterocycles. The molecule has 1 aromatic carbocycles. The summed E-state index contributed by atoms with van der Waals surface area (Å²) in [6, 6.07) is 9.38. The largest absolute Gasteiger partial charge is 0.444 e. The number of carbonyl (C=O) groups excluding carboxylic acids is 1. The minimum atomic E-state index is -0.873. The number of nitrogens with zero attached hydrogens (tertiary/aromatic N) is 1. The van der Waals surface area contributed by atoms with Crippen LogP contribution in [0.3, 0.4) is 0 Å². The standard InChI is InChI=1S/C16H20N2O3/c1-3-16(20,4-2)11-17-14(19)13-10-21-15(18-13)12-8-6-5-7-9-12/h5-10,20H,3-4,11H2,1-2H3,(H,17,19). The lowest BCUT2D eigenvalue weighted by Gasteiger charge is -2.24. The van der Waals surface area contributed by atoms with Gasteiger partial charge in [-0.2, -0.15) is 0 Å². The van der Waals surface area contributed by atoms with E-state index in [2.05, 4.69) is 10.3 Å². The van der Waals surface area contributed by atoms with Crippen LogP contribution in [-0.2, 0) is 0 Å². The quantitative estimate of drug-likeness (QED) is 0.856. The number of rotatable bonds is 6. The van der Waals surface area contributed by atoms with Gasteiger partial charge >= 0.3 is 0 Å². The highest BCUT2D eigenvalue weighted by atomic mass is 16.3. The molecule has 0 fully saturated rings. The summed E-state index contributed by atoms with van der Waals surface area (Å²) in [5, 5.41) is 12.8. The van der Waals surface area contributed by atoms with Crippen LogP contribution in [0.4, 0.5) is 0 Å². The summed E-state index contributed by atoms with van der Waals surface area (Å²) in [6.45, 7) is 3.98. The van der Waals surface area contributed by atoms with Gasteiger partial charge < -0.3 is 14.8 Å². The summed E-state index contributed by atoms with van der Waals surface area (Å²) in [7, 11) is 0. The molecule has 1 heterocycles. The molecule has 21 heavy (non-hydrogen) atoms. The zero-order valence-electron chi connectivity index (χ0n) is 12.3. The molecule has 2 aromatic rings. The maximum absolute atomic E-state index is 12.0. The van der Waals surface area contributed by atoms with E-state index >= 15 is 0 Å². The Morgan fingerprint density at radius 2 is 1.95 bits per heavy atom. The predicted molar refractivity (Wildman–Crippen MR) is 79.8 cm³/mol. The van der Waals surface area contributed by atoms with Crippen molar-refractivity contribution in [1.29, 1.82) is 0 Å². The summed E-state index contributed by atoms with van der Waals surface area (Å²) in [5.74, 6) is 0.0586. The normalized spacial score (nSPS) is 11.4. The molecule has 0 unspecified atom stereocenters. The van der Waals surface area contributed by atoms with Gasteiger partial charge in [0.1, 0.15) is 6.26 Å². The third-order valence-corrected chi connectivity index (χ3v) is 3.65. The number of carbonyl (C=O) groups is 1. The molecule has 0 atom stereocenters. The molecular formula is C16H20N2O3. The molecule has 0 spiro atoms. The van der Waals surface area contributed by atoms with Gasteiger partial charge in [-0.15, -0.1) is 0 Å². The van der Waals surface area contributed by atoms with Crippen molar-refractivity contribution < 1.29 is 14.3 Å². The van der Waals surface area contributed by atoms with E-state index in [1.165, 1.54) is 6.26 Å². The van der Waals surface area contributed by atoms with Gasteiger partial charge in [-0.05, 0) is 25.0 Å². The molecule has 0 saturated carbocycles. The van der Waals surface area contributed by atoms with Gasteiger partial charge in [0.25, 0.3) is 5.91 Å². The van der Waals surface area contributed by atoms with Gasteiger partial charge in [-0.25, -0.2) is 4.98 Å². The molecule has 0 aliphatic rings. The van der Waals surface area contributed by atoms with Crippen molar-refractivity contribution in [2.24, 2.45) is 0 Å². The van der Waals surface area contributed by atoms with Crippen LogP contribution in [0.25, 0.3) is 11.5 Å². The van der Waals surface area contributed by atoms with Crippen molar-refractivity contribution >= 4 is 5.91 Å². The average Bonchev–Trinajstić information content (AvgIpc) is 3.03. The first-order valence-corrected chi connectivity index (χ1v) is 7.09. The molecule has 0 aliphatic heterocycles. The number of aliphatic hydroxyl groups is 1. The third-order valence-electron chi connectivity index (χ3n) is 3.65. The number of hydrogen-bond acceptors (Lipinski definition) is 4. The third kappa shape index (κ3) is 3.70. The minimum Gasteiger partial charge on any atom is -0.444 e. The van der Waals surface area contributed by atoms with E-state index in [1.807, 2.05) is 44.2 Å². The predicted octanol–water partition coefficient (Wildman–Crippen LogP) is 2.62. The molecule has 5 nitrogen and oxygen atoms in total. The van der Waals surface area contributed by atoms with Crippen LogP contribution < -0.4 is 5.32 Å². The Labute approximate surface area is 124 Å². The molecular weight excluding hydrogens is 268 g/mol. The zero-order chi connectivity index (χ0) is 15.3. The van der Waals surface area contributed by atoms with Crippen molar-refractivity contribution in [3.8, 4) is 11.5 Å². The molecule has 5 heteroatoms. The van der Waals surface area contributed by atoms with Crippen LogP contribution in [0.15, 0.2) is 41.0 Å². The van der Waals surface area contributed by atoms with Gasteiger partial charge in [-0.3, -0.25) is 4.79 Å². The van der Waals surface area contributed by atoms with Crippen molar-refractivity contribution in [2.45, 2.75) is 32.3 Å². The van der Waals surface area contributed by atoms with Gasteiger partial charge in [0.2, 0.25) is 5.89 Å². The second-order valence-corrected chi connectivity index (χ2v) is 5.02. The first-order chi connectivity index (χ1) is 10.1. The highest BCUT2D eigenvalue weighted by Gasteiger charge is 2.23. The number of benzene rings is 1. The molecule has 2 rings (SSSR count). The maximum atomic E-state index is 12.0. The number of oxazole rings is 1. The fourth-order valence-electron chi connectivity index (χ4n) is 1.93. The van der Waals surface area contributed by atoms with Crippen molar-refractivity contribution in [2.75, 3.05) is 6.54 Å². The number of aromatic nitrogens is 1. The van der Waals surface area contributed by atoms with Crippen LogP contribution in [0.1, 0.15) is 37.2 Å². The van der Waals surface area contributed by atoms with Crippen LogP contribution in [0, 0.1) is 0 Å². The molecule has 0 bridgehead atoms. The Balaban J connectivity index is 2.03. The van der Waals surface area contributed by atoms with Gasteiger partial charge in [0, 0.05) is 12.1 Å². The van der Waals surface area contributed by atoms with E-state index < -0.39 is 5.60 Å². The van der Waals surface area contributed by atoms with Crippen molar-refractivity contribution in [3.05, 3.63) is 42.3 Å². The zero-order valence-corrected chi connectivity index (χ0v) is 12.3. The fourth-order valence-corrected chi connectivity index (χ4v) is 1.93. The van der Waals surface area contributed by atoms with Crippen LogP contribution in [0.2, 0.25) is 0 Å². The molecule has 112 valence electrons.